The maximum absolute atomic E-state index is 13.2. The quantitative estimate of drug-likeness (QED) is 0.505. The summed E-state index contributed by atoms with van der Waals surface area (Å²) in [5, 5.41) is 2.42. The molecule has 0 radical (unpaired) electrons. The average molecular weight is 556 g/mol. The average Bonchev–Trinajstić information content (AvgIpc) is 3.44. The summed E-state index contributed by atoms with van der Waals surface area (Å²) < 4.78 is 33.9. The Morgan fingerprint density at radius 3 is 2.86 bits per heavy atom. The molecule has 3 unspecified atom stereocenters. The fourth-order valence-corrected chi connectivity index (χ4v) is 9.50. The number of thioether (sulfide) groups is 1. The molecule has 3 heterocycles. The number of carbonyl (C=O) groups excluding carboxylic acids is 2. The topological polar surface area (TPSA) is 96.4 Å². The van der Waals surface area contributed by atoms with Gasteiger partial charge >= 0.3 is 5.97 Å². The number of thiophene rings is 1. The second kappa shape index (κ2) is 10.0. The maximum Gasteiger partial charge on any atom is 0.311 e. The molecule has 0 N–H and O–H groups in total. The first-order valence-electron chi connectivity index (χ1n) is 11.6. The fourth-order valence-electron chi connectivity index (χ4n) is 4.85. The molecule has 1 amide bonds. The third-order valence-corrected chi connectivity index (χ3v) is 11.6. The predicted molar refractivity (Wildman–Crippen MR) is 139 cm³/mol. The van der Waals surface area contributed by atoms with Gasteiger partial charge in [0.15, 0.2) is 0 Å². The van der Waals surface area contributed by atoms with Crippen molar-refractivity contribution in [1.29, 1.82) is 0 Å². The van der Waals surface area contributed by atoms with E-state index in [0.717, 1.165) is 45.7 Å². The number of aliphatic imine (C=N–C) groups is 1. The van der Waals surface area contributed by atoms with E-state index >= 15 is 0 Å². The van der Waals surface area contributed by atoms with Crippen molar-refractivity contribution in [3.05, 3.63) is 29.3 Å². The van der Waals surface area contributed by atoms with E-state index in [1.165, 1.54) is 4.31 Å². The van der Waals surface area contributed by atoms with Gasteiger partial charge in [0, 0.05) is 28.1 Å². The number of halogens is 1. The Kier molecular flexibility index (Phi) is 7.15. The van der Waals surface area contributed by atoms with E-state index in [0.29, 0.717) is 24.7 Å². The maximum atomic E-state index is 13.2. The number of piperazine rings is 1. The van der Waals surface area contributed by atoms with Crippen LogP contribution in [0.2, 0.25) is 5.02 Å². The van der Waals surface area contributed by atoms with E-state index in [9.17, 15) is 18.0 Å². The molecule has 0 bridgehead atoms. The highest BCUT2D eigenvalue weighted by molar-refractivity contribution is 8.14. The zero-order valence-corrected chi connectivity index (χ0v) is 22.4. The van der Waals surface area contributed by atoms with Crippen molar-refractivity contribution < 1.29 is 22.7 Å². The van der Waals surface area contributed by atoms with E-state index in [1.807, 2.05) is 0 Å². The lowest BCUT2D eigenvalue weighted by atomic mass is 9.84. The molecule has 1 aromatic heterocycles. The van der Waals surface area contributed by atoms with Gasteiger partial charge in [-0.1, -0.05) is 24.1 Å². The molecule has 1 aromatic carbocycles. The smallest absolute Gasteiger partial charge is 0.311 e. The van der Waals surface area contributed by atoms with E-state index in [1.54, 1.807) is 47.9 Å². The molecule has 12 heteroatoms. The van der Waals surface area contributed by atoms with E-state index in [2.05, 4.69) is 0 Å². The number of hydrogen-bond acceptors (Lipinski definition) is 8. The summed E-state index contributed by atoms with van der Waals surface area (Å²) in [6.45, 7) is 2.82. The first kappa shape index (κ1) is 25.0. The Balaban J connectivity index is 1.25. The molecule has 8 nitrogen and oxygen atoms in total. The second-order valence-corrected chi connectivity index (χ2v) is 13.9. The van der Waals surface area contributed by atoms with E-state index in [-0.39, 0.29) is 46.4 Å². The lowest BCUT2D eigenvalue weighted by molar-refractivity contribution is -0.149. The van der Waals surface area contributed by atoms with Crippen LogP contribution in [0.1, 0.15) is 26.2 Å². The first-order chi connectivity index (χ1) is 16.8. The molecule has 1 saturated heterocycles. The molecule has 2 fully saturated rings. The molecular formula is C23H26ClN3O5S3. The van der Waals surface area contributed by atoms with Crippen molar-refractivity contribution in [3.63, 3.8) is 0 Å². The summed E-state index contributed by atoms with van der Waals surface area (Å²) in [5.74, 6) is -0.664. The zero-order valence-electron chi connectivity index (χ0n) is 19.2. The lowest BCUT2D eigenvalue weighted by Gasteiger charge is -2.33. The number of rotatable bonds is 6. The van der Waals surface area contributed by atoms with Crippen molar-refractivity contribution >= 4 is 71.7 Å². The summed E-state index contributed by atoms with van der Waals surface area (Å²) in [4.78, 5) is 31.8. The molecule has 1 saturated carbocycles. The number of fused-ring (bicyclic) bond motifs is 2. The van der Waals surface area contributed by atoms with Crippen LogP contribution in [0.25, 0.3) is 10.1 Å². The third kappa shape index (κ3) is 4.98. The van der Waals surface area contributed by atoms with E-state index < -0.39 is 10.0 Å². The van der Waals surface area contributed by atoms with Gasteiger partial charge in [-0.3, -0.25) is 14.6 Å². The molecule has 2 aliphatic heterocycles. The molecule has 1 aliphatic carbocycles. The SMILES string of the molecule is CCOC(=O)C1CCCC2SC(CN3CCN(S(=O)(=O)c4cc5ccc(Cl)cc5s4)CC3=O)=NC21. The highest BCUT2D eigenvalue weighted by Gasteiger charge is 2.43. The number of benzene rings is 1. The van der Waals surface area contributed by atoms with Gasteiger partial charge in [0.1, 0.15) is 4.21 Å². The van der Waals surface area contributed by atoms with Crippen molar-refractivity contribution in [2.45, 2.75) is 41.7 Å². The molecule has 0 spiro atoms. The van der Waals surface area contributed by atoms with Gasteiger partial charge in [0.25, 0.3) is 10.0 Å². The minimum atomic E-state index is -3.79. The summed E-state index contributed by atoms with van der Waals surface area (Å²) in [6.07, 6.45) is 2.72. The molecule has 5 rings (SSSR count). The Bertz CT molecular complexity index is 1290. The van der Waals surface area contributed by atoms with Gasteiger partial charge in [-0.2, -0.15) is 4.31 Å². The van der Waals surface area contributed by atoms with Gasteiger partial charge in [-0.25, -0.2) is 8.42 Å². The largest absolute Gasteiger partial charge is 0.466 e. The number of ether oxygens (including phenoxy) is 1. The molecule has 3 atom stereocenters. The molecule has 2 aromatic rings. The lowest BCUT2D eigenvalue weighted by Crippen LogP contribution is -2.52. The van der Waals surface area contributed by atoms with Crippen LogP contribution in [0.3, 0.4) is 0 Å². The van der Waals surface area contributed by atoms with Crippen molar-refractivity contribution in [1.82, 2.24) is 9.21 Å². The minimum Gasteiger partial charge on any atom is -0.466 e. The van der Waals surface area contributed by atoms with Gasteiger partial charge < -0.3 is 9.64 Å². The zero-order chi connectivity index (χ0) is 24.7. The van der Waals surface area contributed by atoms with Crippen LogP contribution in [0.15, 0.2) is 33.5 Å². The van der Waals surface area contributed by atoms with Gasteiger partial charge in [0.2, 0.25) is 5.91 Å². The van der Waals surface area contributed by atoms with Crippen molar-refractivity contribution in [2.75, 3.05) is 32.8 Å². The highest BCUT2D eigenvalue weighted by atomic mass is 35.5. The van der Waals surface area contributed by atoms with Gasteiger partial charge in [-0.15, -0.1) is 23.1 Å². The molecule has 188 valence electrons. The van der Waals surface area contributed by atoms with Crippen LogP contribution in [-0.4, -0.2) is 78.6 Å². The normalized spacial score (nSPS) is 25.5. The number of nitrogens with zero attached hydrogens (tertiary/aromatic N) is 3. The number of sulfonamides is 1. The van der Waals surface area contributed by atoms with Crippen LogP contribution in [0, 0.1) is 5.92 Å². The van der Waals surface area contributed by atoms with Crippen LogP contribution in [0.4, 0.5) is 0 Å². The number of esters is 1. The van der Waals surface area contributed by atoms with Crippen molar-refractivity contribution in [3.8, 4) is 0 Å². The molecular weight excluding hydrogens is 530 g/mol. The molecule has 35 heavy (non-hydrogen) atoms. The van der Waals surface area contributed by atoms with Crippen LogP contribution < -0.4 is 0 Å². The Labute approximate surface area is 217 Å². The third-order valence-electron chi connectivity index (χ3n) is 6.63. The summed E-state index contributed by atoms with van der Waals surface area (Å²) in [6, 6.07) is 6.79. The predicted octanol–water partition coefficient (Wildman–Crippen LogP) is 3.63. The van der Waals surface area contributed by atoms with Crippen LogP contribution in [-0.2, 0) is 24.3 Å². The van der Waals surface area contributed by atoms with E-state index in [4.69, 9.17) is 21.3 Å². The Morgan fingerprint density at radius 1 is 1.26 bits per heavy atom. The van der Waals surface area contributed by atoms with Crippen LogP contribution >= 0.6 is 34.7 Å². The fraction of sp³-hybridized carbons (Fsp3) is 0.522. The van der Waals surface area contributed by atoms with Crippen molar-refractivity contribution in [2.24, 2.45) is 10.9 Å². The van der Waals surface area contributed by atoms with Gasteiger partial charge in [-0.05, 0) is 43.4 Å². The number of carbonyl (C=O) groups is 2. The first-order valence-corrected chi connectivity index (χ1v) is 15.1. The number of amides is 1. The standard InChI is InChI=1S/C23H26ClN3O5S3/c1-2-32-23(29)16-4-3-5-17-22(16)25-19(33-17)12-26-8-9-27(13-20(26)28)35(30,31)21-10-14-6-7-15(24)11-18(14)34-21/h6-7,10-11,16-17,22H,2-5,8-9,12-13H2,1H3. The monoisotopic (exact) mass is 555 g/mol. The summed E-state index contributed by atoms with van der Waals surface area (Å²) in [5.41, 5.74) is 0. The number of hydrogen-bond donors (Lipinski definition) is 0. The highest BCUT2D eigenvalue weighted by Crippen LogP contribution is 2.41. The second-order valence-electron chi connectivity index (χ2n) is 8.86. The summed E-state index contributed by atoms with van der Waals surface area (Å²) >= 11 is 8.84. The Hall–Kier alpha value is -1.66. The minimum absolute atomic E-state index is 0.110. The molecule has 3 aliphatic rings. The Morgan fingerprint density at radius 2 is 2.09 bits per heavy atom. The van der Waals surface area contributed by atoms with Gasteiger partial charge in [0.05, 0.1) is 36.7 Å². The van der Waals surface area contributed by atoms with Crippen LogP contribution in [0.5, 0.6) is 0 Å². The summed E-state index contributed by atoms with van der Waals surface area (Å²) in [7, 11) is -3.79.